The molecule has 11 aliphatic rings. The number of hydrogen-bond acceptors (Lipinski definition) is 19. The molecule has 22 rings (SSSR count). The highest BCUT2D eigenvalue weighted by molar-refractivity contribution is 9.11. The number of benzene rings is 8. The lowest BCUT2D eigenvalue weighted by Gasteiger charge is -2.50. The lowest BCUT2D eigenvalue weighted by Crippen LogP contribution is -2.56. The number of epoxide rings is 1. The van der Waals surface area contributed by atoms with Crippen LogP contribution in [-0.4, -0.2) is 95.2 Å². The highest BCUT2D eigenvalue weighted by atomic mass is 79.9. The molecule has 0 bridgehead atoms. The number of carbonyl (C=O) groups is 6. The summed E-state index contributed by atoms with van der Waals surface area (Å²) in [7, 11) is 0. The third-order valence-electron chi connectivity index (χ3n) is 29.6. The number of hydrazine groups is 1. The topological polar surface area (TPSA) is 283 Å². The van der Waals surface area contributed by atoms with Crippen molar-refractivity contribution >= 4 is 136 Å². The van der Waals surface area contributed by atoms with Crippen LogP contribution in [0.4, 0.5) is 0 Å². The first-order valence-electron chi connectivity index (χ1n) is 44.7. The number of aliphatic hydroxyl groups excluding tert-OH is 1. The number of carbonyl (C=O) groups excluding carboxylic acids is 6. The Morgan fingerprint density at radius 3 is 1.85 bits per heavy atom. The summed E-state index contributed by atoms with van der Waals surface area (Å²) in [6, 6.07) is 47.0. The van der Waals surface area contributed by atoms with Gasteiger partial charge in [0.05, 0.1) is 33.6 Å². The molecule has 6 heterocycles. The molecule has 8 aliphatic carbocycles. The SMILES string of the molecule is C=C1CC[C@@]2(C)c3cc4c(cc3C(=O)c3occ1c32)C(=O)N1NCCN=C1C4=O.C=C1CC[C@H]2C3=C(CC[C@]12C)[C@]1(C)c2c(coc2C3=O)[C@@H](O)[C@@H]2O[C@@H]21.Cc1c(O)c(O)cc2c3c(oc12)[C@H](C)CC[C@H]1C(C)(C)CCC[C@]31C.Cc1cc(/C=C/c2cccc(C(=O)Sc3ccccc3)c2)cc(C)c1O.O=C(Sc1ccccc1)c1cccc(/C=C/c2cc(Br)c(O)c(Br)c2)c1. The molecule has 3 fully saturated rings. The number of amides is 1. The zero-order chi connectivity index (χ0) is 92.6. The van der Waals surface area contributed by atoms with Crippen LogP contribution in [0.1, 0.15) is 277 Å². The van der Waals surface area contributed by atoms with Gasteiger partial charge < -0.3 is 43.5 Å². The minimum atomic E-state index is -0.680. The van der Waals surface area contributed by atoms with Gasteiger partial charge in [-0.3, -0.25) is 33.8 Å². The number of ketones is 3. The number of aliphatic imine (C=N–C) groups is 1. The van der Waals surface area contributed by atoms with E-state index in [1.165, 1.54) is 64.5 Å². The van der Waals surface area contributed by atoms with Crippen LogP contribution in [0.2, 0.25) is 0 Å². The standard InChI is InChI=1S/C23H20O2S.C22H17N3O4.C22H30O3.C21H14Br2O2S.C21H22O4/c1-16-13-19(14-17(2)22(16)24)12-11-18-7-6-8-20(15-18)23(25)26-21-9-4-3-5-10-21;1-10-3-4-22(2)15-8-11-12(21(28)25-20(18(11)27)23-5-6-24-25)7-13(15)17(26)19-16(22)14(10)9-29-19;1-12-7-8-16-21(3,4)9-6-10-22(16,5)17-14-11-15(23)18(24)13(2)20(14)25-19(12)17;22-18-12-15(13-19(23)20(18)24)10-9-14-5-4-6-16(11-14)21(25)26-17-7-2-1-3-8-17;1-9-4-5-11-13-12(6-7-20(9,11)2)21(3)14-10(8-24-17(14)16(13)23)15(22)18-19(21)25-18/h3-15,24H,1-2H3;7-9,24H,1,3-6H2,2H3;11-12,16,23-24H,6-10H2,1-5H3;1-13,24H;8,11,15,18-19,22H,1,4-7H2,2-3H3/b12-11+;;;10-9+;/t;22-;12-,16+,22+;;11-,15+,18-,19-,20+,21+/m.01.0/s1. The summed E-state index contributed by atoms with van der Waals surface area (Å²) in [4.78, 5) is 83.8. The number of furan rings is 3. The first-order chi connectivity index (χ1) is 62.5. The third kappa shape index (κ3) is 15.8. The number of nitrogens with one attached hydrogen (secondary N) is 1. The van der Waals surface area contributed by atoms with Crippen molar-refractivity contribution in [1.82, 2.24) is 10.4 Å². The number of aromatic hydroxyl groups is 4. The van der Waals surface area contributed by atoms with Crippen LogP contribution in [0.5, 0.6) is 23.0 Å². The van der Waals surface area contributed by atoms with Crippen molar-refractivity contribution in [2.24, 2.45) is 27.7 Å². The summed E-state index contributed by atoms with van der Waals surface area (Å²) in [5.41, 5.74) is 21.6. The van der Waals surface area contributed by atoms with Crippen LogP contribution in [0.25, 0.3) is 40.8 Å². The number of thioether (sulfide) groups is 2. The average Bonchev–Trinajstić information content (AvgIpc) is 1.48. The summed E-state index contributed by atoms with van der Waals surface area (Å²) >= 11 is 9.10. The van der Waals surface area contributed by atoms with Gasteiger partial charge in [-0.2, -0.15) is 0 Å². The predicted molar refractivity (Wildman–Crippen MR) is 520 cm³/mol. The molecule has 8 aromatic carbocycles. The molecule has 0 unspecified atom stereocenters. The average molecular weight is 1920 g/mol. The Balaban J connectivity index is 0.000000110. The van der Waals surface area contributed by atoms with Gasteiger partial charge in [0.2, 0.25) is 27.6 Å². The van der Waals surface area contributed by atoms with E-state index >= 15 is 0 Å². The quantitative estimate of drug-likeness (QED) is 0.0271. The number of hydrogen-bond donors (Lipinski definition) is 6. The molecule has 22 heteroatoms. The number of aryl methyl sites for hydroxylation is 3. The molecular formula is C109H103Br2N3O15S2. The molecule has 670 valence electrons. The van der Waals surface area contributed by atoms with Gasteiger partial charge in [0.25, 0.3) is 5.91 Å². The predicted octanol–water partition coefficient (Wildman–Crippen LogP) is 25.4. The van der Waals surface area contributed by atoms with Crippen molar-refractivity contribution in [1.29, 1.82) is 0 Å². The molecule has 0 radical (unpaired) electrons. The summed E-state index contributed by atoms with van der Waals surface area (Å²) < 4.78 is 24.9. The van der Waals surface area contributed by atoms with Gasteiger partial charge in [-0.1, -0.05) is 164 Å². The number of phenols is 4. The maximum atomic E-state index is 13.4. The molecule has 3 aliphatic heterocycles. The van der Waals surface area contributed by atoms with Crippen molar-refractivity contribution < 1.29 is 72.3 Å². The van der Waals surface area contributed by atoms with E-state index in [1.807, 2.05) is 179 Å². The lowest BCUT2D eigenvalue weighted by molar-refractivity contribution is 0.0504. The van der Waals surface area contributed by atoms with E-state index in [9.17, 15) is 54.3 Å². The van der Waals surface area contributed by atoms with Gasteiger partial charge in [-0.15, -0.1) is 0 Å². The maximum absolute atomic E-state index is 13.4. The molecule has 18 nitrogen and oxygen atoms in total. The number of allylic oxidation sites excluding steroid dienone is 3. The fraction of sp³-hybridized carbons (Fsp3) is 0.312. The second-order valence-electron chi connectivity index (χ2n) is 38.1. The van der Waals surface area contributed by atoms with Crippen LogP contribution in [0.15, 0.2) is 231 Å². The molecule has 6 N–H and O–H groups in total. The summed E-state index contributed by atoms with van der Waals surface area (Å²) in [5.74, 6) is 2.65. The van der Waals surface area contributed by atoms with Gasteiger partial charge >= 0.3 is 0 Å². The van der Waals surface area contributed by atoms with Crippen LogP contribution >= 0.6 is 55.4 Å². The minimum absolute atomic E-state index is 0.0153. The van der Waals surface area contributed by atoms with E-state index < -0.39 is 11.5 Å². The van der Waals surface area contributed by atoms with Crippen molar-refractivity contribution in [3.63, 3.8) is 0 Å². The first kappa shape index (κ1) is 90.3. The molecule has 11 aromatic rings. The highest BCUT2D eigenvalue weighted by Crippen LogP contribution is 2.67. The fourth-order valence-corrected chi connectivity index (χ4v) is 25.2. The van der Waals surface area contributed by atoms with Gasteiger partial charge in [-0.25, -0.2) is 10.4 Å². The molecule has 3 aromatic heterocycles. The number of nitrogens with zero attached hydrogens (tertiary/aromatic N) is 2. The molecule has 2 saturated carbocycles. The number of halogens is 2. The second kappa shape index (κ2) is 34.7. The van der Waals surface area contributed by atoms with Crippen LogP contribution in [-0.2, 0) is 21.0 Å². The van der Waals surface area contributed by atoms with E-state index in [2.05, 4.69) is 104 Å². The summed E-state index contributed by atoms with van der Waals surface area (Å²) in [5, 5.41) is 52.8. The number of aliphatic hydroxyl groups is 1. The molecule has 1 amide bonds. The van der Waals surface area contributed by atoms with Gasteiger partial charge in [0, 0.05) is 99.7 Å². The van der Waals surface area contributed by atoms with E-state index in [0.717, 1.165) is 150 Å². The molecule has 131 heavy (non-hydrogen) atoms. The summed E-state index contributed by atoms with van der Waals surface area (Å²) in [6.07, 6.45) is 21.6. The van der Waals surface area contributed by atoms with Crippen molar-refractivity contribution in [2.75, 3.05) is 13.1 Å². The Hall–Kier alpha value is -11.2. The maximum Gasteiger partial charge on any atom is 0.274 e. The van der Waals surface area contributed by atoms with Crippen LogP contribution in [0, 0.1) is 43.4 Å². The number of ether oxygens (including phenoxy) is 1. The second-order valence-corrected chi connectivity index (χ2v) is 41.9. The van der Waals surface area contributed by atoms with Crippen LogP contribution < -0.4 is 5.43 Å². The normalized spacial score (nSPS) is 24.7. The Morgan fingerprint density at radius 1 is 0.595 bits per heavy atom. The van der Waals surface area contributed by atoms with E-state index in [4.69, 9.17) is 18.0 Å². The molecule has 10 atom stereocenters. The fourth-order valence-electron chi connectivity index (χ4n) is 22.5. The Kier molecular flexibility index (Phi) is 24.0. The number of Topliss-reactive ketones (excluding diaryl/α,β-unsaturated/α-hetero) is 2. The largest absolute Gasteiger partial charge is 0.507 e. The third-order valence-corrected chi connectivity index (χ3v) is 32.6. The Bertz CT molecular complexity index is 6580. The number of amidine groups is 1. The zero-order valence-electron chi connectivity index (χ0n) is 74.8. The monoisotopic (exact) mass is 1920 g/mol. The lowest BCUT2D eigenvalue weighted by atomic mass is 9.53. The molecule has 1 saturated heterocycles. The van der Waals surface area contributed by atoms with E-state index in [0.29, 0.717) is 84.4 Å². The first-order valence-corrected chi connectivity index (χ1v) is 47.9. The molecule has 0 spiro atoms. The van der Waals surface area contributed by atoms with Crippen molar-refractivity contribution in [3.05, 3.63) is 320 Å². The van der Waals surface area contributed by atoms with Crippen molar-refractivity contribution in [2.45, 2.75) is 190 Å². The molecular weight excluding hydrogens is 1820 g/mol. The number of rotatable bonds is 8. The van der Waals surface area contributed by atoms with E-state index in [1.54, 1.807) is 30.7 Å². The minimum Gasteiger partial charge on any atom is -0.507 e. The van der Waals surface area contributed by atoms with Crippen molar-refractivity contribution in [3.8, 4) is 23.0 Å². The smallest absolute Gasteiger partial charge is 0.274 e. The number of phenolic OH excluding ortho intramolecular Hbond substituents is 4. The van der Waals surface area contributed by atoms with Gasteiger partial charge in [0.15, 0.2) is 28.9 Å². The Labute approximate surface area is 786 Å². The number of fused-ring (bicyclic) bond motifs is 14. The highest BCUT2D eigenvalue weighted by Gasteiger charge is 2.68. The zero-order valence-corrected chi connectivity index (χ0v) is 79.6. The van der Waals surface area contributed by atoms with Gasteiger partial charge in [0.1, 0.15) is 41.2 Å². The van der Waals surface area contributed by atoms with E-state index in [-0.39, 0.29) is 96.5 Å². The van der Waals surface area contributed by atoms with Crippen LogP contribution in [0.3, 0.4) is 0 Å². The van der Waals surface area contributed by atoms with Gasteiger partial charge in [-0.05, 0) is 304 Å². The Morgan fingerprint density at radius 2 is 1.21 bits per heavy atom. The summed E-state index contributed by atoms with van der Waals surface area (Å²) in [6.45, 7) is 31.0.